The molecule has 30 heavy (non-hydrogen) atoms. The molecule has 0 saturated carbocycles. The second-order valence-corrected chi connectivity index (χ2v) is 7.23. The van der Waals surface area contributed by atoms with Crippen LogP contribution in [0, 0.1) is 6.92 Å². The normalized spacial score (nSPS) is 14.3. The number of anilines is 1. The third-order valence-electron chi connectivity index (χ3n) is 5.01. The van der Waals surface area contributed by atoms with Crippen LogP contribution >= 0.6 is 0 Å². The van der Waals surface area contributed by atoms with E-state index in [1.54, 1.807) is 42.3 Å². The highest BCUT2D eigenvalue weighted by Gasteiger charge is 2.27. The highest BCUT2D eigenvalue weighted by molar-refractivity contribution is 6.09. The zero-order chi connectivity index (χ0) is 21.1. The molecule has 150 valence electrons. The van der Waals surface area contributed by atoms with Crippen LogP contribution in [0.4, 0.5) is 5.69 Å². The number of benzene rings is 3. The number of rotatable bonds is 4. The highest BCUT2D eigenvalue weighted by Crippen LogP contribution is 2.34. The number of para-hydroxylation sites is 2. The zero-order valence-electron chi connectivity index (χ0n) is 16.9. The van der Waals surface area contributed by atoms with Crippen LogP contribution in [0.25, 0.3) is 6.08 Å². The van der Waals surface area contributed by atoms with Gasteiger partial charge in [0, 0.05) is 19.2 Å². The van der Waals surface area contributed by atoms with Gasteiger partial charge < -0.3 is 15.0 Å². The number of hydrogen-bond donors (Lipinski definition) is 1. The van der Waals surface area contributed by atoms with Crippen LogP contribution in [-0.2, 0) is 11.3 Å². The Bertz CT molecular complexity index is 1120. The van der Waals surface area contributed by atoms with Crippen LogP contribution < -0.4 is 15.0 Å². The zero-order valence-corrected chi connectivity index (χ0v) is 16.9. The summed E-state index contributed by atoms with van der Waals surface area (Å²) in [6.45, 7) is 2.50. The standard InChI is InChI=1S/C25H22N2O3/c1-17-7-9-19(10-8-17)16-26-24(28)20-13-11-18(12-14-20)15-23-25(29)27(2)21-5-3-4-6-22(21)30-23/h3-15H,16H2,1-2H3,(H,26,28). The predicted molar refractivity (Wildman–Crippen MR) is 117 cm³/mol. The monoisotopic (exact) mass is 398 g/mol. The van der Waals surface area contributed by atoms with E-state index >= 15 is 0 Å². The molecular formula is C25H22N2O3. The molecule has 0 radical (unpaired) electrons. The molecule has 0 spiro atoms. The fraction of sp³-hybridized carbons (Fsp3) is 0.120. The molecule has 0 bridgehead atoms. The van der Waals surface area contributed by atoms with Gasteiger partial charge >= 0.3 is 0 Å². The van der Waals surface area contributed by atoms with Crippen molar-refractivity contribution in [3.05, 3.63) is 101 Å². The SMILES string of the molecule is Cc1ccc(CNC(=O)c2ccc(C=C3Oc4ccccc4N(C)C3=O)cc2)cc1. The molecule has 0 unspecified atom stereocenters. The van der Waals surface area contributed by atoms with Gasteiger partial charge in [0.05, 0.1) is 5.69 Å². The number of nitrogens with one attached hydrogen (secondary N) is 1. The molecule has 1 aliphatic heterocycles. The van der Waals surface area contributed by atoms with E-state index in [4.69, 9.17) is 4.74 Å². The summed E-state index contributed by atoms with van der Waals surface area (Å²) in [6, 6.07) is 22.5. The quantitative estimate of drug-likeness (QED) is 0.666. The van der Waals surface area contributed by atoms with Gasteiger partial charge in [0.1, 0.15) is 0 Å². The third-order valence-corrected chi connectivity index (χ3v) is 5.01. The molecular weight excluding hydrogens is 376 g/mol. The average Bonchev–Trinajstić information content (AvgIpc) is 2.77. The minimum absolute atomic E-state index is 0.145. The van der Waals surface area contributed by atoms with Gasteiger partial charge in [-0.3, -0.25) is 9.59 Å². The van der Waals surface area contributed by atoms with Crippen LogP contribution in [0.3, 0.4) is 0 Å². The molecule has 3 aromatic carbocycles. The van der Waals surface area contributed by atoms with E-state index in [1.165, 1.54) is 5.56 Å². The van der Waals surface area contributed by atoms with E-state index in [-0.39, 0.29) is 17.6 Å². The van der Waals surface area contributed by atoms with Crippen molar-refractivity contribution in [3.63, 3.8) is 0 Å². The first-order chi connectivity index (χ1) is 14.5. The van der Waals surface area contributed by atoms with E-state index in [9.17, 15) is 9.59 Å². The van der Waals surface area contributed by atoms with E-state index in [0.29, 0.717) is 17.9 Å². The van der Waals surface area contributed by atoms with Gasteiger partial charge in [-0.15, -0.1) is 0 Å². The highest BCUT2D eigenvalue weighted by atomic mass is 16.5. The first-order valence-corrected chi connectivity index (χ1v) is 9.72. The maximum absolute atomic E-state index is 12.6. The molecule has 0 saturated heterocycles. The van der Waals surface area contributed by atoms with Gasteiger partial charge in [0.2, 0.25) is 0 Å². The summed E-state index contributed by atoms with van der Waals surface area (Å²) in [4.78, 5) is 26.6. The maximum Gasteiger partial charge on any atom is 0.293 e. The minimum Gasteiger partial charge on any atom is -0.449 e. The van der Waals surface area contributed by atoms with Crippen molar-refractivity contribution in [3.8, 4) is 5.75 Å². The lowest BCUT2D eigenvalue weighted by Crippen LogP contribution is -2.33. The van der Waals surface area contributed by atoms with Gasteiger partial charge in [0.15, 0.2) is 11.5 Å². The van der Waals surface area contributed by atoms with Gasteiger partial charge in [-0.2, -0.15) is 0 Å². The number of hydrogen-bond acceptors (Lipinski definition) is 3. The molecule has 4 rings (SSSR count). The molecule has 0 aromatic heterocycles. The van der Waals surface area contributed by atoms with Gasteiger partial charge in [-0.25, -0.2) is 0 Å². The van der Waals surface area contributed by atoms with Crippen LogP contribution in [0.1, 0.15) is 27.0 Å². The number of fused-ring (bicyclic) bond motifs is 1. The van der Waals surface area contributed by atoms with Crippen molar-refractivity contribution >= 4 is 23.6 Å². The van der Waals surface area contributed by atoms with Crippen molar-refractivity contribution in [2.75, 3.05) is 11.9 Å². The summed E-state index contributed by atoms with van der Waals surface area (Å²) >= 11 is 0. The lowest BCUT2D eigenvalue weighted by atomic mass is 10.1. The van der Waals surface area contributed by atoms with Crippen molar-refractivity contribution in [1.82, 2.24) is 5.32 Å². The Balaban J connectivity index is 1.45. The molecule has 0 aliphatic carbocycles. The van der Waals surface area contributed by atoms with Crippen molar-refractivity contribution < 1.29 is 14.3 Å². The largest absolute Gasteiger partial charge is 0.449 e. The predicted octanol–water partition coefficient (Wildman–Crippen LogP) is 4.32. The molecule has 1 N–H and O–H groups in total. The summed E-state index contributed by atoms with van der Waals surface area (Å²) in [6.07, 6.45) is 1.68. The van der Waals surface area contributed by atoms with Crippen molar-refractivity contribution in [2.24, 2.45) is 0 Å². The topological polar surface area (TPSA) is 58.6 Å². The van der Waals surface area contributed by atoms with Gasteiger partial charge in [-0.1, -0.05) is 54.1 Å². The number of carbonyl (C=O) groups excluding carboxylic acids is 2. The fourth-order valence-corrected chi connectivity index (χ4v) is 3.22. The number of likely N-dealkylation sites (N-methyl/N-ethyl adjacent to an activating group) is 1. The number of amides is 2. The molecule has 1 aliphatic rings. The summed E-state index contributed by atoms with van der Waals surface area (Å²) in [5.41, 5.74) is 4.31. The smallest absolute Gasteiger partial charge is 0.293 e. The Morgan fingerprint density at radius 3 is 2.43 bits per heavy atom. The summed E-state index contributed by atoms with van der Waals surface area (Å²) in [5.74, 6) is 0.521. The van der Waals surface area contributed by atoms with Crippen LogP contribution in [-0.4, -0.2) is 18.9 Å². The molecule has 3 aromatic rings. The second kappa shape index (κ2) is 8.25. The van der Waals surface area contributed by atoms with Crippen molar-refractivity contribution in [2.45, 2.75) is 13.5 Å². The molecule has 5 heteroatoms. The van der Waals surface area contributed by atoms with E-state index in [0.717, 1.165) is 16.8 Å². The van der Waals surface area contributed by atoms with Crippen LogP contribution in [0.15, 0.2) is 78.6 Å². The fourth-order valence-electron chi connectivity index (χ4n) is 3.22. The third kappa shape index (κ3) is 4.10. The number of carbonyl (C=O) groups is 2. The number of nitrogens with zero attached hydrogens (tertiary/aromatic N) is 1. The molecule has 2 amide bonds. The minimum atomic E-state index is -0.214. The van der Waals surface area contributed by atoms with Gasteiger partial charge in [-0.05, 0) is 48.4 Å². The van der Waals surface area contributed by atoms with Crippen LogP contribution in [0.5, 0.6) is 5.75 Å². The lowest BCUT2D eigenvalue weighted by molar-refractivity contribution is -0.117. The van der Waals surface area contributed by atoms with E-state index in [2.05, 4.69) is 5.32 Å². The average molecular weight is 398 g/mol. The maximum atomic E-state index is 12.6. The number of ether oxygens (including phenoxy) is 1. The van der Waals surface area contributed by atoms with E-state index < -0.39 is 0 Å². The van der Waals surface area contributed by atoms with E-state index in [1.807, 2.05) is 55.5 Å². The second-order valence-electron chi connectivity index (χ2n) is 7.23. The molecule has 1 heterocycles. The Kier molecular flexibility index (Phi) is 5.35. The Morgan fingerprint density at radius 1 is 1.00 bits per heavy atom. The van der Waals surface area contributed by atoms with Crippen LogP contribution in [0.2, 0.25) is 0 Å². The molecule has 0 fully saturated rings. The first-order valence-electron chi connectivity index (χ1n) is 9.72. The Hall–Kier alpha value is -3.86. The number of aryl methyl sites for hydroxylation is 1. The Morgan fingerprint density at radius 2 is 1.70 bits per heavy atom. The van der Waals surface area contributed by atoms with Crippen molar-refractivity contribution in [1.29, 1.82) is 0 Å². The molecule has 5 nitrogen and oxygen atoms in total. The molecule has 0 atom stereocenters. The summed E-state index contributed by atoms with van der Waals surface area (Å²) in [5, 5.41) is 2.92. The lowest BCUT2D eigenvalue weighted by Gasteiger charge is -2.27. The van der Waals surface area contributed by atoms with Gasteiger partial charge in [0.25, 0.3) is 11.8 Å². The summed E-state index contributed by atoms with van der Waals surface area (Å²) < 4.78 is 5.78. The summed E-state index contributed by atoms with van der Waals surface area (Å²) in [7, 11) is 1.72. The first kappa shape index (κ1) is 19.5. The Labute approximate surface area is 175 Å².